The second-order valence-electron chi connectivity index (χ2n) is 47.1. The van der Waals surface area contributed by atoms with Crippen molar-refractivity contribution in [2.45, 2.75) is 455 Å². The average molecular weight is 1730 g/mol. The van der Waals surface area contributed by atoms with Gasteiger partial charge in [0.15, 0.2) is 12.3 Å². The first-order valence-corrected chi connectivity index (χ1v) is 53.9. The highest BCUT2D eigenvalue weighted by Crippen LogP contribution is 2.54. The normalized spacial score (nSPS) is 58.5. The maximum Gasteiger partial charge on any atom is 0.165 e. The van der Waals surface area contributed by atoms with Crippen LogP contribution >= 0.6 is 0 Å². The minimum Gasteiger partial charge on any atom is -0.286 e. The van der Waals surface area contributed by atoms with Crippen LogP contribution in [0.5, 0.6) is 0 Å². The maximum atomic E-state index is 15.8. The highest BCUT2D eigenvalue weighted by atomic mass is 19.2. The van der Waals surface area contributed by atoms with Crippen LogP contribution in [-0.2, 0) is 0 Å². The third kappa shape index (κ3) is 15.4. The van der Waals surface area contributed by atoms with Gasteiger partial charge in [0.25, 0.3) is 0 Å². The lowest BCUT2D eigenvalue weighted by Crippen LogP contribution is -2.62. The summed E-state index contributed by atoms with van der Waals surface area (Å²) in [6.45, 7) is 0. The lowest BCUT2D eigenvalue weighted by atomic mass is 9.74. The molecule has 0 radical (unpaired) electrons. The van der Waals surface area contributed by atoms with Crippen LogP contribution in [0.4, 0.5) is 17.6 Å². The van der Waals surface area contributed by atoms with Crippen molar-refractivity contribution in [1.29, 1.82) is 0 Å². The van der Waals surface area contributed by atoms with Crippen LogP contribution in [0.15, 0.2) is 0 Å². The number of fused-ring (bicyclic) bond motifs is 60. The summed E-state index contributed by atoms with van der Waals surface area (Å²) < 4.78 is 61.5. The first-order chi connectivity index (χ1) is 61.1. The molecule has 27 fully saturated rings. The molecule has 696 valence electrons. The molecular weight excluding hydrogens is 1570 g/mol. The van der Waals surface area contributed by atoms with E-state index in [2.05, 4.69) is 128 Å². The van der Waals surface area contributed by atoms with E-state index in [4.69, 9.17) is 0 Å². The highest BCUT2D eigenvalue weighted by Gasteiger charge is 2.65. The van der Waals surface area contributed by atoms with Crippen LogP contribution in [0.25, 0.3) is 0 Å². The molecule has 15 saturated heterocycles. The van der Waals surface area contributed by atoms with Gasteiger partial charge in [-0.2, -0.15) is 0 Å². The van der Waals surface area contributed by atoms with Crippen molar-refractivity contribution in [3.8, 4) is 0 Å². The second-order valence-corrected chi connectivity index (χ2v) is 47.1. The number of alkyl halides is 4. The van der Waals surface area contributed by atoms with Gasteiger partial charge in [0.1, 0.15) is 12.3 Å². The predicted octanol–water partition coefficient (Wildman–Crippen LogP) is 7.61. The van der Waals surface area contributed by atoms with E-state index in [0.717, 1.165) is 133 Å². The lowest BCUT2D eigenvalue weighted by molar-refractivity contribution is -0.0799. The summed E-state index contributed by atoms with van der Waals surface area (Å²) in [7, 11) is 0. The molecule has 24 bridgehead atoms. The van der Waals surface area contributed by atoms with E-state index in [9.17, 15) is 8.78 Å². The van der Waals surface area contributed by atoms with E-state index in [0.29, 0.717) is 134 Å². The Labute approximate surface area is 738 Å². The third-order valence-corrected chi connectivity index (χ3v) is 41.5. The molecule has 36 atom stereocenters. The number of hydrogen-bond acceptors (Lipinski definition) is 24. The van der Waals surface area contributed by atoms with Gasteiger partial charge < -0.3 is 0 Å². The zero-order chi connectivity index (χ0) is 82.1. The number of rotatable bonds is 0. The molecule has 27 aliphatic rings. The Hall–Kier alpha value is -1.24. The molecule has 0 spiro atoms. The van der Waals surface area contributed by atoms with Gasteiger partial charge in [-0.1, -0.05) is 141 Å². The number of hydrogen-bond donors (Lipinski definition) is 24. The van der Waals surface area contributed by atoms with Gasteiger partial charge >= 0.3 is 0 Å². The molecule has 0 aromatic rings. The molecule has 27 rings (SSSR count). The fourth-order valence-corrected chi connectivity index (χ4v) is 35.9. The van der Waals surface area contributed by atoms with Crippen molar-refractivity contribution >= 4 is 0 Å². The number of nitrogens with one attached hydrogen (secondary N) is 24. The van der Waals surface area contributed by atoms with Crippen molar-refractivity contribution in [2.24, 2.45) is 142 Å². The van der Waals surface area contributed by atoms with Gasteiger partial charge in [0, 0.05) is 11.8 Å². The first-order valence-electron chi connectivity index (χ1n) is 53.9. The van der Waals surface area contributed by atoms with E-state index in [-0.39, 0.29) is 37.0 Å². The Morgan fingerprint density at radius 3 is 0.258 bits per heavy atom. The van der Waals surface area contributed by atoms with E-state index >= 15 is 8.78 Å². The second kappa shape index (κ2) is 35.8. The van der Waals surface area contributed by atoms with Crippen LogP contribution in [0.3, 0.4) is 0 Å². The molecule has 0 aromatic heterocycles. The highest BCUT2D eigenvalue weighted by molar-refractivity contribution is 5.17. The molecule has 0 amide bonds. The smallest absolute Gasteiger partial charge is 0.165 e. The summed E-state index contributed by atoms with van der Waals surface area (Å²) in [5, 5.41) is 98.2. The Balaban J connectivity index is 0.000000102. The fourth-order valence-electron chi connectivity index (χ4n) is 35.9. The van der Waals surface area contributed by atoms with Crippen LogP contribution in [0.2, 0.25) is 0 Å². The van der Waals surface area contributed by atoms with Crippen molar-refractivity contribution in [3.05, 3.63) is 0 Å². The summed E-state index contributed by atoms with van der Waals surface area (Å²) >= 11 is 0. The predicted molar refractivity (Wildman–Crippen MR) is 473 cm³/mol. The van der Waals surface area contributed by atoms with Gasteiger partial charge in [-0.15, -0.1) is 0 Å². The summed E-state index contributed by atoms with van der Waals surface area (Å²) in [6.07, 6.45) is 55.1. The molecule has 12 aliphatic carbocycles. The van der Waals surface area contributed by atoms with E-state index < -0.39 is 48.9 Å². The van der Waals surface area contributed by atoms with Gasteiger partial charge in [0.2, 0.25) is 0 Å². The van der Waals surface area contributed by atoms with Crippen molar-refractivity contribution in [3.63, 3.8) is 0 Å². The largest absolute Gasteiger partial charge is 0.286 e. The minimum atomic E-state index is -2.45. The fraction of sp³-hybridized carbons (Fsp3) is 1.00. The summed E-state index contributed by atoms with van der Waals surface area (Å²) in [6, 6.07) is 0. The third-order valence-electron chi connectivity index (χ3n) is 41.5. The van der Waals surface area contributed by atoms with Crippen molar-refractivity contribution in [1.82, 2.24) is 128 Å². The molecular formula is C96H164F4N24. The van der Waals surface area contributed by atoms with Crippen molar-refractivity contribution in [2.75, 3.05) is 0 Å². The van der Waals surface area contributed by atoms with E-state index in [1.54, 1.807) is 0 Å². The maximum absolute atomic E-state index is 15.8. The van der Waals surface area contributed by atoms with Gasteiger partial charge in [-0.05, 0) is 271 Å². The summed E-state index contributed by atoms with van der Waals surface area (Å²) in [4.78, 5) is 0. The Bertz CT molecular complexity index is 2970. The van der Waals surface area contributed by atoms with Gasteiger partial charge in [0.05, 0.1) is 148 Å². The minimum absolute atomic E-state index is 0.0953. The standard InChI is InChI=1S/C32H52F4N8.2C32H56N8/c33-21-19-20(22(34)24(36)23(21)35)32-43-30-18-12-6-4-10-16(18)28(41-30)39-26-14-8-2-1-7-13(14)25(37-26)38-27-15-9-3-5-11-17(15)29(40-27)42-31(19)44-32;2*1-2-10-18-17(9-1)25-33-26(18)38-28-21-13-5-6-14-22(21)30(35-28)40-32-24-16-8-7-15-23(24)31(36-32)39-29-20-12-4-3-11-19(20)27(34-29)37-25/h13-32,37-44H,1-12H2;2*17-40H,1-16H2. The van der Waals surface area contributed by atoms with Crippen LogP contribution in [-0.4, -0.2) is 173 Å². The van der Waals surface area contributed by atoms with Crippen molar-refractivity contribution < 1.29 is 17.6 Å². The SMILES string of the molecule is C1CCC2C3NC(NC4NC(NC5NC(NC6NC(N3)C3CCCCC63)C3CCCCC53)C3CCCCC43)C2C1.C1CCC2C3NC(NC4NC(NC5NC(NC6NC(N3)C3CCCCC63)C3CCCCC53)C3CCCCC43)C2C1.FC1C(F)C(F)C2C3NC4NC(NC5NC(NC6NC(NC(N3)C2C1F)C1CCCCC61)C1CCCCC51)C1CCCCC41. The molecule has 24 N–H and O–H groups in total. The first kappa shape index (κ1) is 84.5. The van der Waals surface area contributed by atoms with Crippen LogP contribution in [0, 0.1) is 142 Å². The molecule has 0 aromatic carbocycles. The molecule has 124 heavy (non-hydrogen) atoms. The zero-order valence-electron chi connectivity index (χ0n) is 74.6. The Morgan fingerprint density at radius 1 is 0.0968 bits per heavy atom. The summed E-state index contributed by atoms with van der Waals surface area (Å²) in [5.74, 6) is 12.6. The van der Waals surface area contributed by atoms with Crippen LogP contribution < -0.4 is 128 Å². The van der Waals surface area contributed by atoms with Crippen LogP contribution in [0.1, 0.15) is 283 Å². The molecule has 24 nitrogen and oxygen atoms in total. The van der Waals surface area contributed by atoms with Gasteiger partial charge in [-0.25, -0.2) is 17.6 Å². The number of halogens is 4. The molecule has 15 aliphatic heterocycles. The monoisotopic (exact) mass is 1730 g/mol. The quantitative estimate of drug-likeness (QED) is 0.104. The molecule has 15 heterocycles. The molecule has 28 heteroatoms. The zero-order valence-corrected chi connectivity index (χ0v) is 74.6. The van der Waals surface area contributed by atoms with E-state index in [1.807, 2.05) is 0 Å². The van der Waals surface area contributed by atoms with E-state index in [1.165, 1.54) is 244 Å². The average Bonchev–Trinajstić information content (AvgIpc) is 1.57. The van der Waals surface area contributed by atoms with Gasteiger partial charge in [-0.3, -0.25) is 128 Å². The molecule has 36 unspecified atom stereocenters. The topological polar surface area (TPSA) is 289 Å². The summed E-state index contributed by atoms with van der Waals surface area (Å²) in [5.41, 5.74) is 0. The molecule has 12 saturated carbocycles. The lowest BCUT2D eigenvalue weighted by Gasteiger charge is -2.41. The Morgan fingerprint density at radius 2 is 0.169 bits per heavy atom. The Kier molecular flexibility index (Phi) is 24.4.